The van der Waals surface area contributed by atoms with E-state index in [2.05, 4.69) is 10.3 Å². The van der Waals surface area contributed by atoms with Gasteiger partial charge >= 0.3 is 0 Å². The highest BCUT2D eigenvalue weighted by Crippen LogP contribution is 2.30. The largest absolute Gasteiger partial charge is 0.462 e. The molecule has 0 unspecified atom stereocenters. The molecule has 0 bridgehead atoms. The molecule has 2 aliphatic rings. The Morgan fingerprint density at radius 1 is 1.40 bits per heavy atom. The number of amides is 1. The van der Waals surface area contributed by atoms with Gasteiger partial charge in [0.05, 0.1) is 12.5 Å². The van der Waals surface area contributed by atoms with Crippen molar-refractivity contribution < 1.29 is 9.21 Å². The van der Waals surface area contributed by atoms with Gasteiger partial charge in [-0.3, -0.25) is 4.79 Å². The van der Waals surface area contributed by atoms with Gasteiger partial charge in [-0.15, -0.1) is 11.3 Å². The van der Waals surface area contributed by atoms with Crippen molar-refractivity contribution in [2.24, 2.45) is 11.8 Å². The molecular formula is C14H15N3O2S. The lowest BCUT2D eigenvalue weighted by molar-refractivity contribution is 0.0786. The second-order valence-corrected chi connectivity index (χ2v) is 6.43. The van der Waals surface area contributed by atoms with E-state index in [4.69, 9.17) is 4.42 Å². The topological polar surface area (TPSA) is 58.4 Å². The standard InChI is InChI=1S/C14H15N3O2S/c18-14(17-7-9-4-15-5-10(9)8-17)12-6-16-13(20-12)11-2-1-3-19-11/h1-3,6,9-10,15H,4-5,7-8H2/t9-,10+. The van der Waals surface area contributed by atoms with Crippen LogP contribution in [0, 0.1) is 11.8 Å². The minimum atomic E-state index is 0.106. The van der Waals surface area contributed by atoms with Gasteiger partial charge in [-0.1, -0.05) is 0 Å². The molecule has 2 fully saturated rings. The average molecular weight is 289 g/mol. The molecule has 1 N–H and O–H groups in total. The summed E-state index contributed by atoms with van der Waals surface area (Å²) < 4.78 is 5.31. The van der Waals surface area contributed by atoms with Crippen molar-refractivity contribution in [1.82, 2.24) is 15.2 Å². The molecule has 6 heteroatoms. The number of hydrogen-bond acceptors (Lipinski definition) is 5. The van der Waals surface area contributed by atoms with Crippen molar-refractivity contribution in [2.75, 3.05) is 26.2 Å². The summed E-state index contributed by atoms with van der Waals surface area (Å²) in [7, 11) is 0. The first-order valence-electron chi connectivity index (χ1n) is 6.81. The van der Waals surface area contributed by atoms with E-state index in [9.17, 15) is 4.79 Å². The van der Waals surface area contributed by atoms with Crippen molar-refractivity contribution in [3.63, 3.8) is 0 Å². The van der Waals surface area contributed by atoms with Crippen LogP contribution in [-0.2, 0) is 0 Å². The Hall–Kier alpha value is -1.66. The lowest BCUT2D eigenvalue weighted by atomic mass is 10.0. The molecule has 0 aromatic carbocycles. The van der Waals surface area contributed by atoms with E-state index in [0.29, 0.717) is 16.7 Å². The minimum Gasteiger partial charge on any atom is -0.462 e. The van der Waals surface area contributed by atoms with Gasteiger partial charge in [-0.05, 0) is 24.0 Å². The molecule has 2 atom stereocenters. The van der Waals surface area contributed by atoms with Gasteiger partial charge in [0, 0.05) is 26.2 Å². The van der Waals surface area contributed by atoms with Crippen molar-refractivity contribution in [1.29, 1.82) is 0 Å². The van der Waals surface area contributed by atoms with E-state index in [-0.39, 0.29) is 5.91 Å². The number of nitrogens with zero attached hydrogens (tertiary/aromatic N) is 2. The summed E-state index contributed by atoms with van der Waals surface area (Å²) in [5.41, 5.74) is 0. The van der Waals surface area contributed by atoms with Crippen LogP contribution in [0.25, 0.3) is 10.8 Å². The van der Waals surface area contributed by atoms with Crippen molar-refractivity contribution in [3.05, 3.63) is 29.5 Å². The number of likely N-dealkylation sites (tertiary alicyclic amines) is 1. The van der Waals surface area contributed by atoms with Gasteiger partial charge < -0.3 is 14.6 Å². The molecule has 20 heavy (non-hydrogen) atoms. The quantitative estimate of drug-likeness (QED) is 0.914. The lowest BCUT2D eigenvalue weighted by Gasteiger charge is -2.15. The van der Waals surface area contributed by atoms with E-state index in [0.717, 1.165) is 36.9 Å². The Labute approximate surface area is 120 Å². The highest BCUT2D eigenvalue weighted by atomic mass is 32.1. The number of aromatic nitrogens is 1. The second kappa shape index (κ2) is 4.71. The molecule has 5 nitrogen and oxygen atoms in total. The van der Waals surface area contributed by atoms with Crippen LogP contribution in [0.1, 0.15) is 9.67 Å². The number of carbonyl (C=O) groups excluding carboxylic acids is 1. The van der Waals surface area contributed by atoms with Crippen LogP contribution >= 0.6 is 11.3 Å². The summed E-state index contributed by atoms with van der Waals surface area (Å²) >= 11 is 1.40. The molecule has 2 aliphatic heterocycles. The van der Waals surface area contributed by atoms with Crippen LogP contribution in [-0.4, -0.2) is 42.0 Å². The Kier molecular flexibility index (Phi) is 2.85. The Morgan fingerprint density at radius 3 is 2.90 bits per heavy atom. The summed E-state index contributed by atoms with van der Waals surface area (Å²) in [6.07, 6.45) is 3.28. The molecule has 0 radical (unpaired) electrons. The lowest BCUT2D eigenvalue weighted by Crippen LogP contribution is -2.31. The Bertz CT molecular complexity index is 610. The molecule has 104 valence electrons. The Morgan fingerprint density at radius 2 is 2.20 bits per heavy atom. The molecule has 0 spiro atoms. The highest BCUT2D eigenvalue weighted by molar-refractivity contribution is 7.16. The van der Waals surface area contributed by atoms with Crippen LogP contribution in [0.2, 0.25) is 0 Å². The number of fused-ring (bicyclic) bond motifs is 1. The fourth-order valence-electron chi connectivity index (χ4n) is 3.06. The summed E-state index contributed by atoms with van der Waals surface area (Å²) in [4.78, 5) is 19.5. The van der Waals surface area contributed by atoms with E-state index < -0.39 is 0 Å². The molecule has 0 aliphatic carbocycles. The van der Waals surface area contributed by atoms with Crippen LogP contribution in [0.3, 0.4) is 0 Å². The first-order chi connectivity index (χ1) is 9.81. The normalized spacial score (nSPS) is 25.1. The fraction of sp³-hybridized carbons (Fsp3) is 0.429. The number of carbonyl (C=O) groups is 1. The third kappa shape index (κ3) is 1.96. The zero-order valence-corrected chi connectivity index (χ0v) is 11.7. The second-order valence-electron chi connectivity index (χ2n) is 5.40. The average Bonchev–Trinajstić information content (AvgIpc) is 3.19. The van der Waals surface area contributed by atoms with Crippen molar-refractivity contribution in [3.8, 4) is 10.8 Å². The first kappa shape index (κ1) is 12.1. The summed E-state index contributed by atoms with van der Waals surface area (Å²) in [5, 5.41) is 4.15. The number of furan rings is 1. The van der Waals surface area contributed by atoms with Gasteiger partial charge in [0.2, 0.25) is 0 Å². The summed E-state index contributed by atoms with van der Waals surface area (Å²) in [5.74, 6) is 2.07. The van der Waals surface area contributed by atoms with Gasteiger partial charge in [-0.25, -0.2) is 4.98 Å². The SMILES string of the molecule is O=C(c1cnc(-c2ccco2)s1)N1C[C@H]2CNC[C@H]2C1. The molecule has 1 amide bonds. The van der Waals surface area contributed by atoms with Gasteiger partial charge in [0.15, 0.2) is 10.8 Å². The smallest absolute Gasteiger partial charge is 0.265 e. The minimum absolute atomic E-state index is 0.106. The van der Waals surface area contributed by atoms with Crippen LogP contribution < -0.4 is 5.32 Å². The molecule has 2 saturated heterocycles. The predicted octanol–water partition coefficient (Wildman–Crippen LogP) is 1.69. The van der Waals surface area contributed by atoms with Crippen molar-refractivity contribution >= 4 is 17.2 Å². The molecule has 2 aromatic rings. The summed E-state index contributed by atoms with van der Waals surface area (Å²) in [6.45, 7) is 3.80. The first-order valence-corrected chi connectivity index (χ1v) is 7.62. The number of hydrogen-bond donors (Lipinski definition) is 1. The summed E-state index contributed by atoms with van der Waals surface area (Å²) in [6, 6.07) is 3.69. The predicted molar refractivity (Wildman–Crippen MR) is 75.6 cm³/mol. The maximum Gasteiger partial charge on any atom is 0.265 e. The van der Waals surface area contributed by atoms with Crippen molar-refractivity contribution in [2.45, 2.75) is 0 Å². The van der Waals surface area contributed by atoms with Crippen LogP contribution in [0.5, 0.6) is 0 Å². The molecule has 2 aromatic heterocycles. The zero-order valence-electron chi connectivity index (χ0n) is 10.9. The number of nitrogens with one attached hydrogen (secondary N) is 1. The monoisotopic (exact) mass is 289 g/mol. The van der Waals surface area contributed by atoms with Crippen LogP contribution in [0.4, 0.5) is 0 Å². The highest BCUT2D eigenvalue weighted by Gasteiger charge is 2.38. The van der Waals surface area contributed by atoms with Gasteiger partial charge in [0.1, 0.15) is 4.88 Å². The number of rotatable bonds is 2. The zero-order chi connectivity index (χ0) is 13.5. The van der Waals surface area contributed by atoms with E-state index in [1.165, 1.54) is 11.3 Å². The third-order valence-electron chi connectivity index (χ3n) is 4.13. The third-order valence-corrected chi connectivity index (χ3v) is 5.13. The molecule has 4 rings (SSSR count). The maximum atomic E-state index is 12.5. The molecular weight excluding hydrogens is 274 g/mol. The fourth-order valence-corrected chi connectivity index (χ4v) is 3.92. The maximum absolute atomic E-state index is 12.5. The Balaban J connectivity index is 1.52. The molecule has 0 saturated carbocycles. The van der Waals surface area contributed by atoms with Gasteiger partial charge in [0.25, 0.3) is 5.91 Å². The van der Waals surface area contributed by atoms with E-state index in [1.54, 1.807) is 12.5 Å². The molecule has 4 heterocycles. The number of thiazole rings is 1. The van der Waals surface area contributed by atoms with Gasteiger partial charge in [-0.2, -0.15) is 0 Å². The van der Waals surface area contributed by atoms with E-state index >= 15 is 0 Å². The van der Waals surface area contributed by atoms with E-state index in [1.807, 2.05) is 17.0 Å². The van der Waals surface area contributed by atoms with Crippen LogP contribution in [0.15, 0.2) is 29.0 Å².